The van der Waals surface area contributed by atoms with Gasteiger partial charge in [0.05, 0.1) is 13.5 Å². The number of aryl methyl sites for hydroxylation is 1. The van der Waals surface area contributed by atoms with Gasteiger partial charge in [-0.2, -0.15) is 4.98 Å². The van der Waals surface area contributed by atoms with E-state index >= 15 is 0 Å². The molecule has 4 aromatic rings. The Morgan fingerprint density at radius 3 is 2.62 bits per heavy atom. The van der Waals surface area contributed by atoms with Crippen LogP contribution in [-0.4, -0.2) is 29.1 Å². The highest BCUT2D eigenvalue weighted by atomic mass is 16.5. The molecule has 0 aliphatic heterocycles. The average molecular weight is 463 g/mol. The molecule has 10 heteroatoms. The summed E-state index contributed by atoms with van der Waals surface area (Å²) in [6, 6.07) is 13.4. The quantitative estimate of drug-likeness (QED) is 0.308. The second-order valence-corrected chi connectivity index (χ2v) is 7.38. The van der Waals surface area contributed by atoms with Crippen molar-refractivity contribution in [1.29, 1.82) is 0 Å². The number of hydrogen-bond acceptors (Lipinski definition) is 9. The Balaban J connectivity index is 1.36. The standard InChI is InChI=1S/C24H21N3O7/c1-14(28)25-17-5-8-19-16(11-23(30)33-20(19)12-17)13-32-22(29)10-9-21-26-24(27-34-21)15-3-6-18(31-2)7-4-15/h3-8,11-12H,9-10,13H2,1-2H3,(H,25,28). The maximum absolute atomic E-state index is 12.3. The number of methoxy groups -OCH3 is 1. The summed E-state index contributed by atoms with van der Waals surface area (Å²) in [6.45, 7) is 1.27. The Hall–Kier alpha value is -4.47. The highest BCUT2D eigenvalue weighted by molar-refractivity contribution is 5.92. The maximum Gasteiger partial charge on any atom is 0.336 e. The van der Waals surface area contributed by atoms with Crippen molar-refractivity contribution in [2.24, 2.45) is 0 Å². The average Bonchev–Trinajstić information content (AvgIpc) is 3.29. The first-order chi connectivity index (χ1) is 16.4. The lowest BCUT2D eigenvalue weighted by molar-refractivity contribution is -0.145. The van der Waals surface area contributed by atoms with E-state index in [1.807, 2.05) is 12.1 Å². The molecule has 174 valence electrons. The molecule has 0 spiro atoms. The first kappa shape index (κ1) is 22.7. The molecule has 10 nitrogen and oxygen atoms in total. The fraction of sp³-hybridized carbons (Fsp3) is 0.208. The van der Waals surface area contributed by atoms with Gasteiger partial charge in [-0.05, 0) is 36.4 Å². The number of ether oxygens (including phenoxy) is 2. The van der Waals surface area contributed by atoms with Gasteiger partial charge in [0.15, 0.2) is 0 Å². The van der Waals surface area contributed by atoms with Crippen molar-refractivity contribution in [3.8, 4) is 17.1 Å². The van der Waals surface area contributed by atoms with Gasteiger partial charge in [-0.3, -0.25) is 9.59 Å². The number of benzene rings is 2. The zero-order valence-electron chi connectivity index (χ0n) is 18.5. The molecule has 0 unspecified atom stereocenters. The zero-order chi connectivity index (χ0) is 24.1. The van der Waals surface area contributed by atoms with Crippen LogP contribution in [0.15, 0.2) is 62.3 Å². The topological polar surface area (TPSA) is 134 Å². The van der Waals surface area contributed by atoms with Crippen LogP contribution in [0.1, 0.15) is 24.8 Å². The Bertz CT molecular complexity index is 1390. The van der Waals surface area contributed by atoms with Crippen LogP contribution in [0.25, 0.3) is 22.4 Å². The lowest BCUT2D eigenvalue weighted by Gasteiger charge is -2.08. The number of carbonyl (C=O) groups excluding carboxylic acids is 2. The minimum Gasteiger partial charge on any atom is -0.497 e. The molecule has 34 heavy (non-hydrogen) atoms. The molecule has 0 saturated heterocycles. The zero-order valence-corrected chi connectivity index (χ0v) is 18.5. The summed E-state index contributed by atoms with van der Waals surface area (Å²) in [5.41, 5.74) is 1.44. The lowest BCUT2D eigenvalue weighted by atomic mass is 10.1. The molecular formula is C24H21N3O7. The van der Waals surface area contributed by atoms with Gasteiger partial charge >= 0.3 is 11.6 Å². The number of anilines is 1. The Labute approximate surface area is 193 Å². The summed E-state index contributed by atoms with van der Waals surface area (Å²) in [4.78, 5) is 39.7. The van der Waals surface area contributed by atoms with Gasteiger partial charge < -0.3 is 23.7 Å². The van der Waals surface area contributed by atoms with Crippen molar-refractivity contribution in [3.63, 3.8) is 0 Å². The summed E-state index contributed by atoms with van der Waals surface area (Å²) < 4.78 is 20.9. The first-order valence-corrected chi connectivity index (χ1v) is 10.4. The van der Waals surface area contributed by atoms with Crippen LogP contribution in [0.4, 0.5) is 5.69 Å². The van der Waals surface area contributed by atoms with Crippen LogP contribution in [0.2, 0.25) is 0 Å². The molecule has 2 aromatic heterocycles. The maximum atomic E-state index is 12.3. The van der Waals surface area contributed by atoms with Crippen molar-refractivity contribution < 1.29 is 28.0 Å². The highest BCUT2D eigenvalue weighted by Gasteiger charge is 2.13. The molecule has 0 fully saturated rings. The number of amides is 1. The number of fused-ring (bicyclic) bond motifs is 1. The molecule has 0 aliphatic carbocycles. The minimum atomic E-state index is -0.588. The van der Waals surface area contributed by atoms with E-state index in [0.717, 1.165) is 5.56 Å². The third kappa shape index (κ3) is 5.47. The predicted octanol–water partition coefficient (Wildman–Crippen LogP) is 3.49. The number of rotatable bonds is 8. The summed E-state index contributed by atoms with van der Waals surface area (Å²) >= 11 is 0. The number of nitrogens with one attached hydrogen (secondary N) is 1. The van der Waals surface area contributed by atoms with E-state index in [-0.39, 0.29) is 30.9 Å². The number of carbonyl (C=O) groups is 2. The smallest absolute Gasteiger partial charge is 0.336 e. The summed E-state index contributed by atoms with van der Waals surface area (Å²) in [7, 11) is 1.58. The van der Waals surface area contributed by atoms with Gasteiger partial charge in [0, 0.05) is 47.7 Å². The molecule has 4 rings (SSSR count). The van der Waals surface area contributed by atoms with E-state index < -0.39 is 11.6 Å². The third-order valence-corrected chi connectivity index (χ3v) is 4.90. The molecule has 1 N–H and O–H groups in total. The molecule has 1 amide bonds. The van der Waals surface area contributed by atoms with Crippen LogP contribution < -0.4 is 15.7 Å². The van der Waals surface area contributed by atoms with Gasteiger partial charge in [0.2, 0.25) is 17.6 Å². The first-order valence-electron chi connectivity index (χ1n) is 10.4. The third-order valence-electron chi connectivity index (χ3n) is 4.90. The van der Waals surface area contributed by atoms with Crippen molar-refractivity contribution in [1.82, 2.24) is 10.1 Å². The second kappa shape index (κ2) is 9.99. The van der Waals surface area contributed by atoms with E-state index in [9.17, 15) is 14.4 Å². The number of esters is 1. The van der Waals surface area contributed by atoms with Gasteiger partial charge in [-0.1, -0.05) is 5.16 Å². The van der Waals surface area contributed by atoms with E-state index in [2.05, 4.69) is 15.5 Å². The van der Waals surface area contributed by atoms with Gasteiger partial charge in [0.25, 0.3) is 0 Å². The molecule has 2 aromatic carbocycles. The Morgan fingerprint density at radius 2 is 1.88 bits per heavy atom. The minimum absolute atomic E-state index is 0.0241. The van der Waals surface area contributed by atoms with E-state index in [4.69, 9.17) is 18.4 Å². The monoisotopic (exact) mass is 463 g/mol. The van der Waals surface area contributed by atoms with Crippen LogP contribution in [0.3, 0.4) is 0 Å². The van der Waals surface area contributed by atoms with Crippen molar-refractivity contribution in [3.05, 3.63) is 70.4 Å². The van der Waals surface area contributed by atoms with Crippen LogP contribution in [-0.2, 0) is 27.4 Å². The Kier molecular flexibility index (Phi) is 6.67. The van der Waals surface area contributed by atoms with Crippen LogP contribution >= 0.6 is 0 Å². The molecule has 0 bridgehead atoms. The Morgan fingerprint density at radius 1 is 1.09 bits per heavy atom. The molecule has 0 saturated carbocycles. The predicted molar refractivity (Wildman–Crippen MR) is 121 cm³/mol. The highest BCUT2D eigenvalue weighted by Crippen LogP contribution is 2.23. The van der Waals surface area contributed by atoms with E-state index in [1.165, 1.54) is 13.0 Å². The summed E-state index contributed by atoms with van der Waals surface area (Å²) in [6.07, 6.45) is 0.232. The fourth-order valence-electron chi connectivity index (χ4n) is 3.28. The fourth-order valence-corrected chi connectivity index (χ4v) is 3.28. The SMILES string of the molecule is COc1ccc(-c2noc(CCC(=O)OCc3cc(=O)oc4cc(NC(C)=O)ccc34)n2)cc1. The molecule has 2 heterocycles. The molecule has 0 atom stereocenters. The second-order valence-electron chi connectivity index (χ2n) is 7.38. The van der Waals surface area contributed by atoms with Crippen molar-refractivity contribution in [2.45, 2.75) is 26.4 Å². The number of nitrogens with zero attached hydrogens (tertiary/aromatic N) is 2. The molecule has 0 aliphatic rings. The van der Waals surface area contributed by atoms with Crippen LogP contribution in [0, 0.1) is 0 Å². The lowest BCUT2D eigenvalue weighted by Crippen LogP contribution is -2.09. The van der Waals surface area contributed by atoms with Gasteiger partial charge in [0.1, 0.15) is 17.9 Å². The number of aromatic nitrogens is 2. The van der Waals surface area contributed by atoms with Gasteiger partial charge in [-0.25, -0.2) is 4.79 Å². The van der Waals surface area contributed by atoms with Gasteiger partial charge in [-0.15, -0.1) is 0 Å². The van der Waals surface area contributed by atoms with E-state index in [1.54, 1.807) is 37.4 Å². The van der Waals surface area contributed by atoms with Crippen molar-refractivity contribution >= 4 is 28.5 Å². The molecular weight excluding hydrogens is 442 g/mol. The van der Waals surface area contributed by atoms with E-state index in [0.29, 0.717) is 34.1 Å². The molecule has 0 radical (unpaired) electrons. The number of hydrogen-bond donors (Lipinski definition) is 1. The van der Waals surface area contributed by atoms with Crippen LogP contribution in [0.5, 0.6) is 5.75 Å². The normalized spacial score (nSPS) is 10.8. The largest absolute Gasteiger partial charge is 0.497 e. The summed E-state index contributed by atoms with van der Waals surface area (Å²) in [5, 5.41) is 7.16. The summed E-state index contributed by atoms with van der Waals surface area (Å²) in [5.74, 6) is 0.697. The van der Waals surface area contributed by atoms with Crippen molar-refractivity contribution in [2.75, 3.05) is 12.4 Å².